The van der Waals surface area contributed by atoms with Crippen molar-refractivity contribution in [2.45, 2.75) is 11.8 Å². The highest BCUT2D eigenvalue weighted by Crippen LogP contribution is 2.29. The van der Waals surface area contributed by atoms with E-state index in [-0.39, 0.29) is 0 Å². The lowest BCUT2D eigenvalue weighted by Gasteiger charge is -2.07. The van der Waals surface area contributed by atoms with E-state index >= 15 is 0 Å². The van der Waals surface area contributed by atoms with Crippen LogP contribution in [0.5, 0.6) is 0 Å². The Hall–Kier alpha value is -0.790. The molecular weight excluding hydrogens is 284 g/mol. The zero-order valence-corrected chi connectivity index (χ0v) is 11.3. The van der Waals surface area contributed by atoms with E-state index in [9.17, 15) is 0 Å². The number of alkyl halides is 1. The highest BCUT2D eigenvalue weighted by molar-refractivity contribution is 9.09. The molecule has 0 bridgehead atoms. The van der Waals surface area contributed by atoms with Crippen molar-refractivity contribution in [2.24, 2.45) is 0 Å². The lowest BCUT2D eigenvalue weighted by atomic mass is 10.0. The second kappa shape index (κ2) is 5.03. The fourth-order valence-electron chi connectivity index (χ4n) is 1.62. The van der Waals surface area contributed by atoms with Gasteiger partial charge in [0.05, 0.1) is 0 Å². The Labute approximate surface area is 109 Å². The van der Waals surface area contributed by atoms with Crippen molar-refractivity contribution in [3.63, 3.8) is 0 Å². The molecular formula is C14H12BrCl. The minimum Gasteiger partial charge on any atom is -0.0842 e. The van der Waals surface area contributed by atoms with E-state index in [4.69, 9.17) is 11.6 Å². The Bertz CT molecular complexity index is 474. The summed E-state index contributed by atoms with van der Waals surface area (Å²) in [6, 6.07) is 16.4. The largest absolute Gasteiger partial charge is 0.0842 e. The second-order valence-corrected chi connectivity index (χ2v) is 5.50. The highest BCUT2D eigenvalue weighted by atomic mass is 79.9. The molecule has 0 saturated heterocycles. The zero-order chi connectivity index (χ0) is 11.5. The summed E-state index contributed by atoms with van der Waals surface area (Å²) in [6.07, 6.45) is 0. The Morgan fingerprint density at radius 2 is 1.62 bits per heavy atom. The average molecular weight is 296 g/mol. The molecule has 0 aliphatic heterocycles. The third-order valence-electron chi connectivity index (χ3n) is 2.55. The van der Waals surface area contributed by atoms with Crippen molar-refractivity contribution >= 4 is 27.5 Å². The minimum atomic E-state index is 0.382. The smallest absolute Gasteiger partial charge is 0.0484 e. The first kappa shape index (κ1) is 11.7. The average Bonchev–Trinajstić information content (AvgIpc) is 2.30. The topological polar surface area (TPSA) is 0 Å². The van der Waals surface area contributed by atoms with Crippen LogP contribution in [0.4, 0.5) is 0 Å². The van der Waals surface area contributed by atoms with E-state index in [1.807, 2.05) is 24.3 Å². The molecule has 0 aromatic heterocycles. The van der Waals surface area contributed by atoms with E-state index in [2.05, 4.69) is 47.1 Å². The highest BCUT2D eigenvalue weighted by Gasteiger charge is 2.04. The van der Waals surface area contributed by atoms with E-state index in [1.165, 1.54) is 5.56 Å². The third kappa shape index (κ3) is 2.47. The van der Waals surface area contributed by atoms with Crippen LogP contribution < -0.4 is 0 Å². The van der Waals surface area contributed by atoms with Crippen molar-refractivity contribution in [3.05, 3.63) is 59.1 Å². The van der Waals surface area contributed by atoms with Gasteiger partial charge < -0.3 is 0 Å². The van der Waals surface area contributed by atoms with E-state index in [0.717, 1.165) is 16.1 Å². The maximum atomic E-state index is 6.15. The SMILES string of the molecule is CC(Br)c1ccc(-c2ccccc2Cl)cc1. The molecule has 2 aromatic rings. The Morgan fingerprint density at radius 3 is 2.19 bits per heavy atom. The molecule has 0 saturated carbocycles. The first-order valence-electron chi connectivity index (χ1n) is 5.17. The fraction of sp³-hybridized carbons (Fsp3) is 0.143. The van der Waals surface area contributed by atoms with E-state index < -0.39 is 0 Å². The summed E-state index contributed by atoms with van der Waals surface area (Å²) >= 11 is 9.70. The van der Waals surface area contributed by atoms with Crippen molar-refractivity contribution in [2.75, 3.05) is 0 Å². The van der Waals surface area contributed by atoms with Crippen molar-refractivity contribution in [3.8, 4) is 11.1 Å². The number of rotatable bonds is 2. The van der Waals surface area contributed by atoms with Gasteiger partial charge in [0, 0.05) is 15.4 Å². The first-order chi connectivity index (χ1) is 7.68. The molecule has 82 valence electrons. The van der Waals surface area contributed by atoms with Crippen LogP contribution >= 0.6 is 27.5 Å². The van der Waals surface area contributed by atoms with Gasteiger partial charge in [-0.2, -0.15) is 0 Å². The summed E-state index contributed by atoms with van der Waals surface area (Å²) in [5.74, 6) is 0. The van der Waals surface area contributed by atoms with Crippen molar-refractivity contribution in [1.29, 1.82) is 0 Å². The van der Waals surface area contributed by atoms with Gasteiger partial charge in [0.25, 0.3) is 0 Å². The minimum absolute atomic E-state index is 0.382. The van der Waals surface area contributed by atoms with Gasteiger partial charge in [-0.3, -0.25) is 0 Å². The summed E-state index contributed by atoms with van der Waals surface area (Å²) in [4.78, 5) is 0.382. The Morgan fingerprint density at radius 1 is 1.00 bits per heavy atom. The fourth-order valence-corrected chi connectivity index (χ4v) is 2.17. The van der Waals surface area contributed by atoms with Gasteiger partial charge >= 0.3 is 0 Å². The predicted octanol–water partition coefficient (Wildman–Crippen LogP) is 5.46. The van der Waals surface area contributed by atoms with Crippen LogP contribution in [0.25, 0.3) is 11.1 Å². The van der Waals surface area contributed by atoms with Gasteiger partial charge in [0.2, 0.25) is 0 Å². The molecule has 0 aliphatic rings. The molecule has 2 heteroatoms. The van der Waals surface area contributed by atoms with Crippen LogP contribution in [-0.2, 0) is 0 Å². The van der Waals surface area contributed by atoms with Crippen molar-refractivity contribution < 1.29 is 0 Å². The predicted molar refractivity (Wildman–Crippen MR) is 74.2 cm³/mol. The zero-order valence-electron chi connectivity index (χ0n) is 8.95. The third-order valence-corrected chi connectivity index (χ3v) is 3.41. The van der Waals surface area contributed by atoms with Crippen LogP contribution in [0.2, 0.25) is 5.02 Å². The van der Waals surface area contributed by atoms with Gasteiger partial charge in [0.1, 0.15) is 0 Å². The second-order valence-electron chi connectivity index (χ2n) is 3.72. The lowest BCUT2D eigenvalue weighted by Crippen LogP contribution is -1.84. The lowest BCUT2D eigenvalue weighted by molar-refractivity contribution is 1.12. The normalized spacial score (nSPS) is 12.4. The van der Waals surface area contributed by atoms with Gasteiger partial charge in [-0.1, -0.05) is 70.0 Å². The molecule has 0 radical (unpaired) electrons. The van der Waals surface area contributed by atoms with Crippen LogP contribution in [0.3, 0.4) is 0 Å². The maximum absolute atomic E-state index is 6.15. The molecule has 2 rings (SSSR count). The van der Waals surface area contributed by atoms with Gasteiger partial charge in [-0.25, -0.2) is 0 Å². The summed E-state index contributed by atoms with van der Waals surface area (Å²) in [6.45, 7) is 2.12. The number of hydrogen-bond acceptors (Lipinski definition) is 0. The quantitative estimate of drug-likeness (QED) is 0.645. The molecule has 1 unspecified atom stereocenters. The summed E-state index contributed by atoms with van der Waals surface area (Å²) in [5.41, 5.74) is 3.51. The molecule has 0 heterocycles. The van der Waals surface area contributed by atoms with Crippen molar-refractivity contribution in [1.82, 2.24) is 0 Å². The summed E-state index contributed by atoms with van der Waals surface area (Å²) in [7, 11) is 0. The van der Waals surface area contributed by atoms with Gasteiger partial charge in [-0.15, -0.1) is 0 Å². The van der Waals surface area contributed by atoms with Crippen LogP contribution in [0, 0.1) is 0 Å². The number of halogens is 2. The molecule has 0 amide bonds. The maximum Gasteiger partial charge on any atom is 0.0484 e. The Kier molecular flexibility index (Phi) is 3.67. The molecule has 16 heavy (non-hydrogen) atoms. The van der Waals surface area contributed by atoms with Crippen LogP contribution in [0.15, 0.2) is 48.5 Å². The van der Waals surface area contributed by atoms with Crippen LogP contribution in [-0.4, -0.2) is 0 Å². The molecule has 1 atom stereocenters. The monoisotopic (exact) mass is 294 g/mol. The van der Waals surface area contributed by atoms with E-state index in [1.54, 1.807) is 0 Å². The summed E-state index contributed by atoms with van der Waals surface area (Å²) in [5, 5.41) is 0.794. The number of hydrogen-bond donors (Lipinski definition) is 0. The summed E-state index contributed by atoms with van der Waals surface area (Å²) < 4.78 is 0. The standard InChI is InChI=1S/C14H12BrCl/c1-10(15)11-6-8-12(9-7-11)13-4-2-3-5-14(13)16/h2-10H,1H3. The van der Waals surface area contributed by atoms with Gasteiger partial charge in [-0.05, 0) is 24.1 Å². The molecule has 0 aliphatic carbocycles. The van der Waals surface area contributed by atoms with E-state index in [0.29, 0.717) is 4.83 Å². The molecule has 0 spiro atoms. The molecule has 0 nitrogen and oxygen atoms in total. The molecule has 0 fully saturated rings. The number of benzene rings is 2. The van der Waals surface area contributed by atoms with Crippen LogP contribution in [0.1, 0.15) is 17.3 Å². The first-order valence-corrected chi connectivity index (χ1v) is 6.47. The van der Waals surface area contributed by atoms with Gasteiger partial charge in [0.15, 0.2) is 0 Å². The Balaban J connectivity index is 2.39. The molecule has 0 N–H and O–H groups in total. The molecule has 2 aromatic carbocycles.